The number of anilines is 1. The molecule has 0 fully saturated rings. The molecule has 94 valence electrons. The van der Waals surface area contributed by atoms with Gasteiger partial charge in [0.15, 0.2) is 0 Å². The maximum atomic E-state index is 11.1. The number of benzene rings is 2. The lowest BCUT2D eigenvalue weighted by Crippen LogP contribution is -1.98. The van der Waals surface area contributed by atoms with Gasteiger partial charge >= 0.3 is 0 Å². The Morgan fingerprint density at radius 2 is 1.89 bits per heavy atom. The van der Waals surface area contributed by atoms with E-state index in [9.17, 15) is 8.42 Å². The molecule has 0 atom stereocenters. The van der Waals surface area contributed by atoms with Crippen molar-refractivity contribution >= 4 is 32.3 Å². The molecule has 0 aliphatic carbocycles. The Hall–Kier alpha value is -1.99. The van der Waals surface area contributed by atoms with Gasteiger partial charge in [0.25, 0.3) is 10.1 Å². The van der Waals surface area contributed by atoms with E-state index in [1.807, 2.05) is 0 Å². The second-order valence-electron chi connectivity index (χ2n) is 3.66. The van der Waals surface area contributed by atoms with Gasteiger partial charge in [-0.3, -0.25) is 4.55 Å². The van der Waals surface area contributed by atoms with E-state index >= 15 is 0 Å². The standard InChI is InChI=1S/C11H11N3O3S/c1-13-14-11-5-4-10(12)8-3-2-7(6-9(8)11)18(15,16)17/h2-6H,12H2,1H3,(H,15,16,17)/b14-13+. The number of fused-ring (bicyclic) bond motifs is 1. The molecule has 0 heterocycles. The van der Waals surface area contributed by atoms with Crippen LogP contribution in [-0.2, 0) is 10.1 Å². The van der Waals surface area contributed by atoms with Crippen LogP contribution in [0.5, 0.6) is 0 Å². The van der Waals surface area contributed by atoms with E-state index in [1.54, 1.807) is 12.1 Å². The van der Waals surface area contributed by atoms with Gasteiger partial charge < -0.3 is 5.73 Å². The molecule has 2 aromatic carbocycles. The lowest BCUT2D eigenvalue weighted by atomic mass is 10.1. The van der Waals surface area contributed by atoms with Crippen molar-refractivity contribution in [2.24, 2.45) is 10.2 Å². The molecule has 0 spiro atoms. The minimum absolute atomic E-state index is 0.201. The normalized spacial score (nSPS) is 12.3. The molecule has 0 bridgehead atoms. The molecule has 7 heteroatoms. The molecule has 0 unspecified atom stereocenters. The third-order valence-corrected chi connectivity index (χ3v) is 3.35. The number of nitrogen functional groups attached to an aromatic ring is 1. The highest BCUT2D eigenvalue weighted by Crippen LogP contribution is 2.32. The number of hydrogen-bond donors (Lipinski definition) is 2. The quantitative estimate of drug-likeness (QED) is 0.494. The first-order chi connectivity index (χ1) is 8.43. The highest BCUT2D eigenvalue weighted by Gasteiger charge is 2.12. The highest BCUT2D eigenvalue weighted by atomic mass is 32.2. The third-order valence-electron chi connectivity index (χ3n) is 2.50. The van der Waals surface area contributed by atoms with Gasteiger partial charge in [0, 0.05) is 23.5 Å². The van der Waals surface area contributed by atoms with Crippen LogP contribution in [0.15, 0.2) is 45.5 Å². The van der Waals surface area contributed by atoms with E-state index in [0.29, 0.717) is 22.1 Å². The van der Waals surface area contributed by atoms with Gasteiger partial charge in [0.05, 0.1) is 10.6 Å². The molecule has 0 amide bonds. The van der Waals surface area contributed by atoms with Gasteiger partial charge in [0.2, 0.25) is 0 Å². The van der Waals surface area contributed by atoms with Crippen molar-refractivity contribution in [1.29, 1.82) is 0 Å². The molecule has 2 rings (SSSR count). The van der Waals surface area contributed by atoms with Gasteiger partial charge in [-0.25, -0.2) is 0 Å². The molecule has 0 saturated carbocycles. The van der Waals surface area contributed by atoms with Gasteiger partial charge in [-0.1, -0.05) is 6.07 Å². The second-order valence-corrected chi connectivity index (χ2v) is 5.08. The smallest absolute Gasteiger partial charge is 0.294 e. The summed E-state index contributed by atoms with van der Waals surface area (Å²) in [6.45, 7) is 0. The Labute approximate surface area is 104 Å². The first-order valence-corrected chi connectivity index (χ1v) is 6.47. The summed E-state index contributed by atoms with van der Waals surface area (Å²) in [6.07, 6.45) is 0. The third kappa shape index (κ3) is 2.18. The maximum Gasteiger partial charge on any atom is 0.294 e. The Balaban J connectivity index is 2.85. The zero-order chi connectivity index (χ0) is 13.3. The number of nitrogens with zero attached hydrogens (tertiary/aromatic N) is 2. The lowest BCUT2D eigenvalue weighted by molar-refractivity contribution is 0.483. The fourth-order valence-corrected chi connectivity index (χ4v) is 2.20. The first-order valence-electron chi connectivity index (χ1n) is 5.03. The minimum atomic E-state index is -4.25. The van der Waals surface area contributed by atoms with Crippen molar-refractivity contribution < 1.29 is 13.0 Å². The molecule has 2 aromatic rings. The van der Waals surface area contributed by atoms with E-state index in [4.69, 9.17) is 10.3 Å². The molecule has 0 aliphatic heterocycles. The summed E-state index contributed by atoms with van der Waals surface area (Å²) in [5.41, 5.74) is 6.79. The predicted octanol–water partition coefficient (Wildman–Crippen LogP) is 2.38. The number of nitrogens with two attached hydrogens (primary N) is 1. The van der Waals surface area contributed by atoms with Crippen LogP contribution in [0, 0.1) is 0 Å². The zero-order valence-electron chi connectivity index (χ0n) is 9.53. The number of rotatable bonds is 2. The Morgan fingerprint density at radius 3 is 2.50 bits per heavy atom. The zero-order valence-corrected chi connectivity index (χ0v) is 10.3. The van der Waals surface area contributed by atoms with Crippen molar-refractivity contribution in [1.82, 2.24) is 0 Å². The van der Waals surface area contributed by atoms with Gasteiger partial charge in [0.1, 0.15) is 0 Å². The van der Waals surface area contributed by atoms with Crippen LogP contribution >= 0.6 is 0 Å². The van der Waals surface area contributed by atoms with Crippen LogP contribution in [0.1, 0.15) is 0 Å². The van der Waals surface area contributed by atoms with Crippen LogP contribution in [0.25, 0.3) is 10.8 Å². The summed E-state index contributed by atoms with van der Waals surface area (Å²) in [7, 11) is -2.74. The largest absolute Gasteiger partial charge is 0.398 e. The summed E-state index contributed by atoms with van der Waals surface area (Å²) in [5.74, 6) is 0. The monoisotopic (exact) mass is 265 g/mol. The fraction of sp³-hybridized carbons (Fsp3) is 0.0909. The molecule has 0 saturated heterocycles. The van der Waals surface area contributed by atoms with E-state index in [2.05, 4.69) is 10.2 Å². The average Bonchev–Trinajstić information content (AvgIpc) is 2.31. The molecule has 0 aliphatic rings. The Bertz CT molecular complexity index is 739. The summed E-state index contributed by atoms with van der Waals surface area (Å²) in [4.78, 5) is -0.201. The molecular weight excluding hydrogens is 254 g/mol. The fourth-order valence-electron chi connectivity index (χ4n) is 1.69. The van der Waals surface area contributed by atoms with Gasteiger partial charge in [-0.15, -0.1) is 0 Å². The Morgan fingerprint density at radius 1 is 1.17 bits per heavy atom. The van der Waals surface area contributed by atoms with Crippen molar-refractivity contribution in [2.45, 2.75) is 4.90 Å². The van der Waals surface area contributed by atoms with Gasteiger partial charge in [-0.2, -0.15) is 18.6 Å². The first kappa shape index (κ1) is 12.5. The van der Waals surface area contributed by atoms with E-state index in [0.717, 1.165) is 0 Å². The van der Waals surface area contributed by atoms with E-state index < -0.39 is 10.1 Å². The van der Waals surface area contributed by atoms with Crippen LogP contribution < -0.4 is 5.73 Å². The predicted molar refractivity (Wildman–Crippen MR) is 68.6 cm³/mol. The summed E-state index contributed by atoms with van der Waals surface area (Å²) >= 11 is 0. The number of hydrogen-bond acceptors (Lipinski definition) is 5. The summed E-state index contributed by atoms with van der Waals surface area (Å²) in [6, 6.07) is 7.45. The van der Waals surface area contributed by atoms with Crippen molar-refractivity contribution in [3.63, 3.8) is 0 Å². The molecule has 6 nitrogen and oxygen atoms in total. The average molecular weight is 265 g/mol. The van der Waals surface area contributed by atoms with Crippen molar-refractivity contribution in [3.8, 4) is 0 Å². The Kier molecular flexibility index (Phi) is 3.02. The van der Waals surface area contributed by atoms with Crippen LogP contribution in [0.4, 0.5) is 11.4 Å². The van der Waals surface area contributed by atoms with Gasteiger partial charge in [-0.05, 0) is 24.3 Å². The molecule has 0 aromatic heterocycles. The number of azo groups is 1. The van der Waals surface area contributed by atoms with Crippen LogP contribution in [-0.4, -0.2) is 20.0 Å². The second kappa shape index (κ2) is 4.35. The van der Waals surface area contributed by atoms with Crippen molar-refractivity contribution in [2.75, 3.05) is 12.8 Å². The minimum Gasteiger partial charge on any atom is -0.398 e. The molecule has 18 heavy (non-hydrogen) atoms. The summed E-state index contributed by atoms with van der Waals surface area (Å²) < 4.78 is 31.2. The van der Waals surface area contributed by atoms with Crippen LogP contribution in [0.2, 0.25) is 0 Å². The van der Waals surface area contributed by atoms with Crippen LogP contribution in [0.3, 0.4) is 0 Å². The maximum absolute atomic E-state index is 11.1. The molecular formula is C11H11N3O3S. The highest BCUT2D eigenvalue weighted by molar-refractivity contribution is 7.85. The van der Waals surface area contributed by atoms with Crippen molar-refractivity contribution in [3.05, 3.63) is 30.3 Å². The van der Waals surface area contributed by atoms with E-state index in [-0.39, 0.29) is 4.90 Å². The molecule has 3 N–H and O–H groups in total. The SMILES string of the molecule is C/N=N/c1ccc(N)c2ccc(S(=O)(=O)O)cc12. The summed E-state index contributed by atoms with van der Waals surface area (Å²) in [5, 5.41) is 8.73. The topological polar surface area (TPSA) is 105 Å². The molecule has 0 radical (unpaired) electrons. The van der Waals surface area contributed by atoms with E-state index in [1.165, 1.54) is 25.2 Å². The lowest BCUT2D eigenvalue weighted by Gasteiger charge is -2.06.